The molecule has 5 nitrogen and oxygen atoms in total. The van der Waals surface area contributed by atoms with E-state index in [1.54, 1.807) is 0 Å². The van der Waals surface area contributed by atoms with Crippen molar-refractivity contribution in [2.45, 2.75) is 69.4 Å². The molecule has 1 N–H and O–H groups in total. The van der Waals surface area contributed by atoms with Crippen molar-refractivity contribution in [3.63, 3.8) is 0 Å². The summed E-state index contributed by atoms with van der Waals surface area (Å²) in [5, 5.41) is 8.00. The van der Waals surface area contributed by atoms with Gasteiger partial charge in [0.2, 0.25) is 0 Å². The van der Waals surface area contributed by atoms with Gasteiger partial charge in [0, 0.05) is 48.8 Å². The average molecular weight is 369 g/mol. The highest BCUT2D eigenvalue weighted by atomic mass is 16.5. The number of hydrogen-bond acceptors (Lipinski definition) is 4. The molecular weight excluding hydrogens is 336 g/mol. The van der Waals surface area contributed by atoms with Crippen LogP contribution in [0.15, 0.2) is 30.6 Å². The number of pyridine rings is 1. The number of rotatable bonds is 6. The predicted molar refractivity (Wildman–Crippen MR) is 107 cm³/mol. The van der Waals surface area contributed by atoms with E-state index in [4.69, 9.17) is 9.72 Å². The molecule has 4 rings (SSSR count). The van der Waals surface area contributed by atoms with Crippen LogP contribution in [0.5, 0.6) is 0 Å². The van der Waals surface area contributed by atoms with Gasteiger partial charge in [-0.3, -0.25) is 9.67 Å². The molecule has 27 heavy (non-hydrogen) atoms. The zero-order chi connectivity index (χ0) is 18.7. The molecule has 1 spiro atoms. The van der Waals surface area contributed by atoms with Crippen molar-refractivity contribution < 1.29 is 4.74 Å². The van der Waals surface area contributed by atoms with Crippen LogP contribution < -0.4 is 5.32 Å². The standard InChI is InChI=1S/C22H32N4O/c1-18-19(16-25-26(18)2)15-23-13-10-21(20-7-3-6-12-24-20)11-14-27-22(17-21)8-4-5-9-22/h3,6-7,12,16,23H,4-5,8-11,13-15,17H2,1-2H3/t21-/m1/s1. The number of aromatic nitrogens is 3. The first-order chi connectivity index (χ1) is 13.1. The van der Waals surface area contributed by atoms with Crippen LogP contribution in [0.2, 0.25) is 0 Å². The van der Waals surface area contributed by atoms with Gasteiger partial charge >= 0.3 is 0 Å². The SMILES string of the molecule is Cc1c(CNCC[C@@]2(c3ccccn3)CCOC3(CCCC3)C2)cnn1C. The van der Waals surface area contributed by atoms with Gasteiger partial charge in [-0.2, -0.15) is 5.10 Å². The summed E-state index contributed by atoms with van der Waals surface area (Å²) < 4.78 is 8.28. The molecule has 1 atom stereocenters. The van der Waals surface area contributed by atoms with Gasteiger partial charge in [-0.15, -0.1) is 0 Å². The van der Waals surface area contributed by atoms with E-state index in [-0.39, 0.29) is 11.0 Å². The van der Waals surface area contributed by atoms with E-state index >= 15 is 0 Å². The quantitative estimate of drug-likeness (QED) is 0.791. The number of hydrogen-bond donors (Lipinski definition) is 1. The van der Waals surface area contributed by atoms with Crippen molar-refractivity contribution in [1.82, 2.24) is 20.1 Å². The molecule has 1 aliphatic heterocycles. The lowest BCUT2D eigenvalue weighted by Crippen LogP contribution is -2.47. The second-order valence-corrected chi connectivity index (χ2v) is 8.47. The number of nitrogens with zero attached hydrogens (tertiary/aromatic N) is 3. The topological polar surface area (TPSA) is 52.0 Å². The maximum Gasteiger partial charge on any atom is 0.0691 e. The van der Waals surface area contributed by atoms with Gasteiger partial charge in [0.05, 0.1) is 11.8 Å². The van der Waals surface area contributed by atoms with Crippen LogP contribution in [0.3, 0.4) is 0 Å². The fourth-order valence-corrected chi connectivity index (χ4v) is 5.06. The molecular formula is C22H32N4O. The smallest absolute Gasteiger partial charge is 0.0691 e. The highest BCUT2D eigenvalue weighted by Gasteiger charge is 2.48. The van der Waals surface area contributed by atoms with Crippen LogP contribution in [0.1, 0.15) is 61.9 Å². The molecule has 2 fully saturated rings. The normalized spacial score (nSPS) is 24.5. The van der Waals surface area contributed by atoms with Crippen molar-refractivity contribution in [3.05, 3.63) is 47.5 Å². The fourth-order valence-electron chi connectivity index (χ4n) is 5.06. The van der Waals surface area contributed by atoms with E-state index < -0.39 is 0 Å². The second-order valence-electron chi connectivity index (χ2n) is 8.47. The molecule has 0 radical (unpaired) electrons. The van der Waals surface area contributed by atoms with Crippen LogP contribution in [-0.4, -0.2) is 33.5 Å². The van der Waals surface area contributed by atoms with Crippen LogP contribution in [0.4, 0.5) is 0 Å². The third-order valence-electron chi connectivity index (χ3n) is 6.81. The maximum atomic E-state index is 6.34. The van der Waals surface area contributed by atoms with Gasteiger partial charge in [0.1, 0.15) is 0 Å². The van der Waals surface area contributed by atoms with E-state index in [2.05, 4.69) is 29.5 Å². The number of ether oxygens (including phenoxy) is 1. The van der Waals surface area contributed by atoms with Gasteiger partial charge in [-0.25, -0.2) is 0 Å². The lowest BCUT2D eigenvalue weighted by Gasteiger charge is -2.46. The van der Waals surface area contributed by atoms with Gasteiger partial charge < -0.3 is 10.1 Å². The third-order valence-corrected chi connectivity index (χ3v) is 6.81. The molecule has 1 saturated heterocycles. The molecule has 2 aromatic heterocycles. The molecule has 1 aliphatic carbocycles. The minimum Gasteiger partial charge on any atom is -0.375 e. The summed E-state index contributed by atoms with van der Waals surface area (Å²) in [6.07, 6.45) is 12.2. The Hall–Kier alpha value is -1.72. The third kappa shape index (κ3) is 3.81. The van der Waals surface area contributed by atoms with Gasteiger partial charge in [-0.05, 0) is 57.7 Å². The van der Waals surface area contributed by atoms with Crippen molar-refractivity contribution >= 4 is 0 Å². The molecule has 146 valence electrons. The van der Waals surface area contributed by atoms with Crippen molar-refractivity contribution in [2.24, 2.45) is 7.05 Å². The summed E-state index contributed by atoms with van der Waals surface area (Å²) in [4.78, 5) is 4.79. The molecule has 1 saturated carbocycles. The van der Waals surface area contributed by atoms with Crippen LogP contribution >= 0.6 is 0 Å². The molecule has 5 heteroatoms. The van der Waals surface area contributed by atoms with Crippen molar-refractivity contribution in [1.29, 1.82) is 0 Å². The summed E-state index contributed by atoms with van der Waals surface area (Å²) >= 11 is 0. The fraction of sp³-hybridized carbons (Fsp3) is 0.636. The number of nitrogens with one attached hydrogen (secondary N) is 1. The molecule has 0 aromatic carbocycles. The Balaban J connectivity index is 1.46. The molecule has 0 bridgehead atoms. The summed E-state index contributed by atoms with van der Waals surface area (Å²) in [5.41, 5.74) is 3.98. The Morgan fingerprint density at radius 2 is 2.07 bits per heavy atom. The minimum absolute atomic E-state index is 0.0930. The summed E-state index contributed by atoms with van der Waals surface area (Å²) in [5.74, 6) is 0. The molecule has 2 aromatic rings. The van der Waals surface area contributed by atoms with Gasteiger partial charge in [0.25, 0.3) is 0 Å². The van der Waals surface area contributed by atoms with E-state index in [1.165, 1.54) is 42.6 Å². The van der Waals surface area contributed by atoms with Gasteiger partial charge in [-0.1, -0.05) is 18.9 Å². The van der Waals surface area contributed by atoms with Crippen LogP contribution in [0, 0.1) is 6.92 Å². The monoisotopic (exact) mass is 368 g/mol. The molecule has 0 unspecified atom stereocenters. The summed E-state index contributed by atoms with van der Waals surface area (Å²) in [7, 11) is 2.00. The first-order valence-electron chi connectivity index (χ1n) is 10.4. The highest BCUT2D eigenvalue weighted by Crippen LogP contribution is 2.49. The number of aryl methyl sites for hydroxylation is 1. The van der Waals surface area contributed by atoms with Crippen molar-refractivity contribution in [3.8, 4) is 0 Å². The van der Waals surface area contributed by atoms with Crippen LogP contribution in [-0.2, 0) is 23.7 Å². The van der Waals surface area contributed by atoms with E-state index in [1.807, 2.05) is 30.2 Å². The van der Waals surface area contributed by atoms with Crippen LogP contribution in [0.25, 0.3) is 0 Å². The maximum absolute atomic E-state index is 6.34. The lowest BCUT2D eigenvalue weighted by atomic mass is 9.68. The molecule has 2 aliphatic rings. The average Bonchev–Trinajstić information content (AvgIpc) is 3.27. The zero-order valence-corrected chi connectivity index (χ0v) is 16.7. The molecule has 0 amide bonds. The first kappa shape index (κ1) is 18.6. The largest absolute Gasteiger partial charge is 0.375 e. The van der Waals surface area contributed by atoms with Gasteiger partial charge in [0.15, 0.2) is 0 Å². The Labute approximate surface area is 162 Å². The Kier molecular flexibility index (Phi) is 5.33. The zero-order valence-electron chi connectivity index (χ0n) is 16.7. The predicted octanol–water partition coefficient (Wildman–Crippen LogP) is 3.66. The highest BCUT2D eigenvalue weighted by molar-refractivity contribution is 5.21. The Morgan fingerprint density at radius 3 is 2.78 bits per heavy atom. The Morgan fingerprint density at radius 1 is 1.22 bits per heavy atom. The second kappa shape index (κ2) is 7.72. The van der Waals surface area contributed by atoms with Crippen molar-refractivity contribution in [2.75, 3.05) is 13.2 Å². The lowest BCUT2D eigenvalue weighted by molar-refractivity contribution is -0.104. The van der Waals surface area contributed by atoms with E-state index in [9.17, 15) is 0 Å². The van der Waals surface area contributed by atoms with E-state index in [0.29, 0.717) is 0 Å². The van der Waals surface area contributed by atoms with E-state index in [0.717, 1.165) is 39.0 Å². The first-order valence-corrected chi connectivity index (χ1v) is 10.4. The summed E-state index contributed by atoms with van der Waals surface area (Å²) in [6, 6.07) is 6.37. The Bertz CT molecular complexity index is 751. The molecule has 3 heterocycles. The minimum atomic E-state index is 0.0930. The summed E-state index contributed by atoms with van der Waals surface area (Å²) in [6.45, 7) is 4.85.